The van der Waals surface area contributed by atoms with E-state index in [1.54, 1.807) is 40.3 Å². The highest BCUT2D eigenvalue weighted by atomic mass is 19.3. The van der Waals surface area contributed by atoms with Crippen molar-refractivity contribution in [1.82, 2.24) is 40.4 Å². The number of fused-ring (bicyclic) bond motifs is 4. The van der Waals surface area contributed by atoms with Crippen molar-refractivity contribution in [3.8, 4) is 33.5 Å². The van der Waals surface area contributed by atoms with Gasteiger partial charge < -0.3 is 39.9 Å². The van der Waals surface area contributed by atoms with Gasteiger partial charge in [0.25, 0.3) is 5.92 Å². The fourth-order valence-electron chi connectivity index (χ4n) is 8.98. The summed E-state index contributed by atoms with van der Waals surface area (Å²) in [5.41, 5.74) is 4.53. The third-order valence-corrected chi connectivity index (χ3v) is 12.2. The van der Waals surface area contributed by atoms with Gasteiger partial charge in [-0.3, -0.25) is 9.59 Å². The molecule has 8 rings (SSSR count). The molecule has 5 aromatic rings. The van der Waals surface area contributed by atoms with Gasteiger partial charge in [-0.05, 0) is 84.0 Å². The van der Waals surface area contributed by atoms with Crippen molar-refractivity contribution in [2.45, 2.75) is 83.5 Å². The Morgan fingerprint density at radius 3 is 1.79 bits per heavy atom. The number of hydrogen-bond acceptors (Lipinski definition) is 8. The largest absolute Gasteiger partial charge is 0.453 e. The van der Waals surface area contributed by atoms with Crippen LogP contribution in [0, 0.1) is 11.8 Å². The first kappa shape index (κ1) is 41.4. The topological polar surface area (TPSA) is 175 Å². The van der Waals surface area contributed by atoms with Gasteiger partial charge in [0.05, 0.1) is 49.2 Å². The molecule has 0 radical (unpaired) electrons. The number of alkyl carbamates (subject to hydrolysis) is 2. The number of halogens is 2. The quantitative estimate of drug-likeness (QED) is 0.110. The van der Waals surface area contributed by atoms with E-state index < -0.39 is 30.2 Å². The molecule has 3 aliphatic rings. The number of rotatable bonds is 10. The molecule has 14 nitrogen and oxygen atoms in total. The van der Waals surface area contributed by atoms with E-state index in [4.69, 9.17) is 14.5 Å². The van der Waals surface area contributed by atoms with Crippen LogP contribution in [0.4, 0.5) is 18.4 Å². The zero-order chi connectivity index (χ0) is 43.3. The SMILES string of the molecule is COC(=O)N[C@H](C(=O)N1CCCC1c1ncc(-c2ccc3c(c2)C(F)(F)c2cc(-c4ccc5nc(C6CCCN6C(=O)[C@@H](NC(=O)OC)C(C)C)[nH]c5c4)ccc2-3)[nH]1)C(C)C. The maximum absolute atomic E-state index is 16.5. The number of aromatic nitrogens is 4. The monoisotopic (exact) mass is 836 g/mol. The molecule has 2 aliphatic heterocycles. The Kier molecular flexibility index (Phi) is 11.0. The molecule has 320 valence electrons. The number of nitrogens with one attached hydrogen (secondary N) is 4. The minimum atomic E-state index is -3.28. The van der Waals surface area contributed by atoms with Crippen molar-refractivity contribution >= 4 is 35.0 Å². The average molecular weight is 837 g/mol. The second kappa shape index (κ2) is 16.3. The van der Waals surface area contributed by atoms with Crippen molar-refractivity contribution in [2.24, 2.45) is 11.8 Å². The lowest BCUT2D eigenvalue weighted by molar-refractivity contribution is -0.136. The maximum atomic E-state index is 16.5. The van der Waals surface area contributed by atoms with E-state index in [1.165, 1.54) is 20.3 Å². The number of likely N-dealkylation sites (tertiary alicyclic amines) is 2. The fraction of sp³-hybridized carbons (Fsp3) is 0.422. The number of hydrogen-bond donors (Lipinski definition) is 4. The first-order valence-corrected chi connectivity index (χ1v) is 20.7. The molecule has 3 aromatic carbocycles. The zero-order valence-electron chi connectivity index (χ0n) is 35.0. The molecule has 16 heteroatoms. The molecule has 0 saturated carbocycles. The lowest BCUT2D eigenvalue weighted by Gasteiger charge is -2.30. The second-order valence-corrected chi connectivity index (χ2v) is 16.7. The van der Waals surface area contributed by atoms with E-state index in [9.17, 15) is 19.2 Å². The predicted molar refractivity (Wildman–Crippen MR) is 223 cm³/mol. The van der Waals surface area contributed by atoms with E-state index in [0.29, 0.717) is 76.6 Å². The summed E-state index contributed by atoms with van der Waals surface area (Å²) in [6, 6.07) is 13.5. The van der Waals surface area contributed by atoms with Crippen LogP contribution in [0.1, 0.15) is 88.2 Å². The molecule has 1 aliphatic carbocycles. The summed E-state index contributed by atoms with van der Waals surface area (Å²) in [7, 11) is 2.51. The number of imidazole rings is 2. The van der Waals surface area contributed by atoms with E-state index in [0.717, 1.165) is 18.4 Å². The lowest BCUT2D eigenvalue weighted by Crippen LogP contribution is -2.51. The van der Waals surface area contributed by atoms with Crippen LogP contribution in [-0.4, -0.2) is 93.1 Å². The van der Waals surface area contributed by atoms with Gasteiger partial charge in [0, 0.05) is 29.8 Å². The van der Waals surface area contributed by atoms with Gasteiger partial charge >= 0.3 is 12.2 Å². The molecule has 4 atom stereocenters. The van der Waals surface area contributed by atoms with Crippen molar-refractivity contribution in [1.29, 1.82) is 0 Å². The van der Waals surface area contributed by atoms with Crippen molar-refractivity contribution in [3.05, 3.63) is 83.6 Å². The van der Waals surface area contributed by atoms with Gasteiger partial charge in [-0.2, -0.15) is 8.78 Å². The van der Waals surface area contributed by atoms with Crippen LogP contribution in [0.2, 0.25) is 0 Å². The molecule has 0 spiro atoms. The Bertz CT molecular complexity index is 2510. The minimum Gasteiger partial charge on any atom is -0.453 e. The van der Waals surface area contributed by atoms with Crippen LogP contribution >= 0.6 is 0 Å². The van der Waals surface area contributed by atoms with Crippen LogP contribution in [-0.2, 0) is 25.0 Å². The number of ether oxygens (including phenoxy) is 2. The summed E-state index contributed by atoms with van der Waals surface area (Å²) in [5, 5.41) is 5.32. The number of aromatic amines is 2. The number of nitrogens with zero attached hydrogens (tertiary/aromatic N) is 4. The second-order valence-electron chi connectivity index (χ2n) is 16.7. The molecular weight excluding hydrogens is 787 g/mol. The van der Waals surface area contributed by atoms with Crippen LogP contribution in [0.5, 0.6) is 0 Å². The highest BCUT2D eigenvalue weighted by Crippen LogP contribution is 2.53. The lowest BCUT2D eigenvalue weighted by atomic mass is 9.98. The first-order valence-electron chi connectivity index (χ1n) is 20.7. The van der Waals surface area contributed by atoms with Crippen molar-refractivity contribution < 1.29 is 37.4 Å². The third-order valence-electron chi connectivity index (χ3n) is 12.2. The van der Waals surface area contributed by atoms with E-state index in [2.05, 4.69) is 25.6 Å². The average Bonchev–Trinajstić information content (AvgIpc) is 4.10. The van der Waals surface area contributed by atoms with Gasteiger partial charge in [-0.15, -0.1) is 0 Å². The third kappa shape index (κ3) is 7.56. The molecule has 2 unspecified atom stereocenters. The number of carbonyl (C=O) groups is 4. The van der Waals surface area contributed by atoms with Crippen molar-refractivity contribution in [2.75, 3.05) is 27.3 Å². The summed E-state index contributed by atoms with van der Waals surface area (Å²) in [6.07, 6.45) is 3.13. The number of H-pyrrole nitrogens is 2. The standard InChI is InChI=1S/C45H50F2N8O6/c1-23(2)37(52-43(58)60-5)41(56)54-17-7-9-35(54)39-48-22-34(51-39)27-12-15-29-28-14-11-25(19-30(28)45(46,47)31(29)20-27)26-13-16-32-33(21-26)50-40(49-32)36-10-8-18-55(36)42(57)38(24(3)4)53-44(59)61-6/h11-16,19-24,35-38H,7-10,17-18H2,1-6H3,(H,48,51)(H,49,50)(H,52,58)(H,53,59)/t35?,36?,37-,38-/m0/s1. The highest BCUT2D eigenvalue weighted by molar-refractivity contribution is 5.89. The molecule has 2 aromatic heterocycles. The van der Waals surface area contributed by atoms with E-state index >= 15 is 8.78 Å². The summed E-state index contributed by atoms with van der Waals surface area (Å²) in [5.74, 6) is -2.91. The Labute approximate surface area is 351 Å². The molecule has 4 heterocycles. The Balaban J connectivity index is 1.01. The Morgan fingerprint density at radius 2 is 1.23 bits per heavy atom. The smallest absolute Gasteiger partial charge is 0.407 e. The molecule has 4 N–H and O–H groups in total. The van der Waals surface area contributed by atoms with Gasteiger partial charge in [0.15, 0.2) is 0 Å². The molecular formula is C45H50F2N8O6. The number of alkyl halides is 2. The van der Waals surface area contributed by atoms with Crippen LogP contribution < -0.4 is 10.6 Å². The molecule has 4 amide bonds. The minimum absolute atomic E-state index is 0.0893. The zero-order valence-corrected chi connectivity index (χ0v) is 35.0. The first-order chi connectivity index (χ1) is 29.2. The molecule has 2 fully saturated rings. The van der Waals surface area contributed by atoms with Gasteiger partial charge in [0.1, 0.15) is 23.7 Å². The summed E-state index contributed by atoms with van der Waals surface area (Å²) < 4.78 is 42.5. The Hall–Kier alpha value is -6.32. The van der Waals surface area contributed by atoms with Gasteiger partial charge in [-0.1, -0.05) is 58.0 Å². The number of amides is 4. The maximum Gasteiger partial charge on any atom is 0.407 e. The van der Waals surface area contributed by atoms with Crippen molar-refractivity contribution in [3.63, 3.8) is 0 Å². The van der Waals surface area contributed by atoms with E-state index in [-0.39, 0.29) is 46.9 Å². The normalized spacial score (nSPS) is 18.9. The molecule has 2 saturated heterocycles. The highest BCUT2D eigenvalue weighted by Gasteiger charge is 2.45. The van der Waals surface area contributed by atoms with Gasteiger partial charge in [0.2, 0.25) is 11.8 Å². The summed E-state index contributed by atoms with van der Waals surface area (Å²) in [6.45, 7) is 8.44. The summed E-state index contributed by atoms with van der Waals surface area (Å²) in [4.78, 5) is 70.9. The number of carbonyl (C=O) groups excluding carboxylic acids is 4. The number of methoxy groups -OCH3 is 2. The predicted octanol–water partition coefficient (Wildman–Crippen LogP) is 7.83. The number of benzene rings is 3. The molecule has 61 heavy (non-hydrogen) atoms. The Morgan fingerprint density at radius 1 is 0.721 bits per heavy atom. The summed E-state index contributed by atoms with van der Waals surface area (Å²) >= 11 is 0. The van der Waals surface area contributed by atoms with Crippen LogP contribution in [0.15, 0.2) is 60.8 Å². The fourth-order valence-corrected chi connectivity index (χ4v) is 8.98. The van der Waals surface area contributed by atoms with Crippen LogP contribution in [0.3, 0.4) is 0 Å². The van der Waals surface area contributed by atoms with Crippen LogP contribution in [0.25, 0.3) is 44.5 Å². The van der Waals surface area contributed by atoms with E-state index in [1.807, 2.05) is 52.0 Å². The van der Waals surface area contributed by atoms with Gasteiger partial charge in [-0.25, -0.2) is 19.6 Å². The molecule has 0 bridgehead atoms.